The molecule has 0 radical (unpaired) electrons. The first-order valence-corrected chi connectivity index (χ1v) is 10.0. The lowest BCUT2D eigenvalue weighted by Crippen LogP contribution is -2.44. The molecule has 5 rings (SSSR count). The Morgan fingerprint density at radius 3 is 2.71 bits per heavy atom. The summed E-state index contributed by atoms with van der Waals surface area (Å²) >= 11 is 7.69. The minimum atomic E-state index is -0.554. The molecular formula is C19H14ClF2N5S. The minimum absolute atomic E-state index is 0.176. The number of rotatable bonds is 2. The van der Waals surface area contributed by atoms with Crippen molar-refractivity contribution in [3.05, 3.63) is 46.7 Å². The van der Waals surface area contributed by atoms with Crippen molar-refractivity contribution >= 4 is 49.9 Å². The Morgan fingerprint density at radius 1 is 1.07 bits per heavy atom. The van der Waals surface area contributed by atoms with Crippen molar-refractivity contribution in [2.45, 2.75) is 0 Å². The van der Waals surface area contributed by atoms with Crippen LogP contribution >= 0.6 is 22.9 Å². The largest absolute Gasteiger partial charge is 0.353 e. The second kappa shape index (κ2) is 6.88. The summed E-state index contributed by atoms with van der Waals surface area (Å²) in [7, 11) is 0. The first-order chi connectivity index (χ1) is 13.6. The number of benzene rings is 2. The molecule has 9 heteroatoms. The lowest BCUT2D eigenvalue weighted by atomic mass is 10.0. The second-order valence-electron chi connectivity index (χ2n) is 6.50. The van der Waals surface area contributed by atoms with Gasteiger partial charge in [0.1, 0.15) is 23.5 Å². The van der Waals surface area contributed by atoms with Crippen molar-refractivity contribution < 1.29 is 8.78 Å². The van der Waals surface area contributed by atoms with E-state index >= 15 is 4.39 Å². The van der Waals surface area contributed by atoms with Crippen LogP contribution in [0.25, 0.3) is 32.2 Å². The number of nitrogens with zero attached hydrogens (tertiary/aromatic N) is 4. The number of nitrogens with one attached hydrogen (secondary N) is 1. The van der Waals surface area contributed by atoms with Gasteiger partial charge in [-0.3, -0.25) is 0 Å². The molecule has 0 spiro atoms. The highest BCUT2D eigenvalue weighted by atomic mass is 35.5. The van der Waals surface area contributed by atoms with Crippen molar-refractivity contribution in [1.82, 2.24) is 20.3 Å². The monoisotopic (exact) mass is 417 g/mol. The van der Waals surface area contributed by atoms with Gasteiger partial charge in [-0.25, -0.2) is 23.7 Å². The maximum atomic E-state index is 15.6. The molecule has 5 nitrogen and oxygen atoms in total. The van der Waals surface area contributed by atoms with Crippen molar-refractivity contribution in [3.63, 3.8) is 0 Å². The van der Waals surface area contributed by atoms with Gasteiger partial charge < -0.3 is 10.2 Å². The maximum absolute atomic E-state index is 15.6. The van der Waals surface area contributed by atoms with E-state index in [1.807, 2.05) is 0 Å². The average molecular weight is 418 g/mol. The third-order valence-electron chi connectivity index (χ3n) is 4.92. The Balaban J connectivity index is 1.75. The zero-order chi connectivity index (χ0) is 19.3. The number of thiazole rings is 1. The molecule has 1 aliphatic rings. The summed E-state index contributed by atoms with van der Waals surface area (Å²) in [5.41, 5.74) is 2.74. The van der Waals surface area contributed by atoms with Crippen LogP contribution in [0.1, 0.15) is 0 Å². The lowest BCUT2D eigenvalue weighted by molar-refractivity contribution is 0.585. The normalized spacial score (nSPS) is 14.9. The molecule has 0 bridgehead atoms. The van der Waals surface area contributed by atoms with E-state index in [4.69, 9.17) is 11.6 Å². The Kier molecular flexibility index (Phi) is 4.34. The van der Waals surface area contributed by atoms with E-state index in [9.17, 15) is 4.39 Å². The van der Waals surface area contributed by atoms with Gasteiger partial charge in [0, 0.05) is 42.7 Å². The fourth-order valence-electron chi connectivity index (χ4n) is 3.61. The SMILES string of the molecule is Fc1c(-c2ccc(F)c3scnc23)c(Cl)cc2c(N3CCNCC3)ncnc12. The van der Waals surface area contributed by atoms with Gasteiger partial charge in [0.2, 0.25) is 0 Å². The Hall–Kier alpha value is -2.42. The number of hydrogen-bond acceptors (Lipinski definition) is 6. The number of halogens is 3. The fourth-order valence-corrected chi connectivity index (χ4v) is 4.62. The summed E-state index contributed by atoms with van der Waals surface area (Å²) in [6.07, 6.45) is 1.36. The molecule has 1 N–H and O–H groups in total. The summed E-state index contributed by atoms with van der Waals surface area (Å²) in [5, 5.41) is 4.06. The first kappa shape index (κ1) is 17.7. The van der Waals surface area contributed by atoms with Gasteiger partial charge in [-0.05, 0) is 18.2 Å². The van der Waals surface area contributed by atoms with E-state index in [1.54, 1.807) is 6.07 Å². The number of anilines is 1. The standard InChI is InChI=1S/C19H14ClF2N5S/c20-12-7-11-16(24-8-25-19(11)27-5-3-23-4-6-27)15(22)14(12)10-1-2-13(21)18-17(10)26-9-28-18/h1-2,7-9,23H,3-6H2. The molecule has 1 saturated heterocycles. The van der Waals surface area contributed by atoms with Crippen molar-refractivity contribution in [2.75, 3.05) is 31.1 Å². The van der Waals surface area contributed by atoms with Crippen molar-refractivity contribution in [1.29, 1.82) is 0 Å². The highest BCUT2D eigenvalue weighted by molar-refractivity contribution is 7.16. The van der Waals surface area contributed by atoms with Crippen molar-refractivity contribution in [2.24, 2.45) is 0 Å². The Morgan fingerprint density at radius 2 is 1.89 bits per heavy atom. The van der Waals surface area contributed by atoms with Crippen LogP contribution in [0.5, 0.6) is 0 Å². The summed E-state index contributed by atoms with van der Waals surface area (Å²) < 4.78 is 30.0. The summed E-state index contributed by atoms with van der Waals surface area (Å²) in [4.78, 5) is 14.8. The number of fused-ring (bicyclic) bond motifs is 2. The number of piperazine rings is 1. The van der Waals surface area contributed by atoms with Crippen LogP contribution in [0.4, 0.5) is 14.6 Å². The number of aromatic nitrogens is 3. The van der Waals surface area contributed by atoms with Crippen LogP contribution in [0.2, 0.25) is 5.02 Å². The molecule has 0 amide bonds. The molecule has 2 aromatic carbocycles. The van der Waals surface area contributed by atoms with E-state index in [2.05, 4.69) is 25.2 Å². The van der Waals surface area contributed by atoms with Crippen LogP contribution < -0.4 is 10.2 Å². The molecule has 0 atom stereocenters. The molecule has 0 aliphatic carbocycles. The maximum Gasteiger partial charge on any atom is 0.159 e. The zero-order valence-electron chi connectivity index (χ0n) is 14.5. The quantitative estimate of drug-likeness (QED) is 0.528. The third-order valence-corrected chi connectivity index (χ3v) is 6.05. The van der Waals surface area contributed by atoms with Crippen LogP contribution in [0.15, 0.2) is 30.0 Å². The smallest absolute Gasteiger partial charge is 0.159 e. The lowest BCUT2D eigenvalue weighted by Gasteiger charge is -2.29. The molecule has 28 heavy (non-hydrogen) atoms. The fraction of sp³-hybridized carbons (Fsp3) is 0.211. The second-order valence-corrected chi connectivity index (χ2v) is 7.76. The Labute approximate surface area is 168 Å². The Bertz CT molecular complexity index is 1210. The summed E-state index contributed by atoms with van der Waals surface area (Å²) in [5.74, 6) is -0.277. The van der Waals surface area contributed by atoms with Gasteiger partial charge in [-0.2, -0.15) is 0 Å². The van der Waals surface area contributed by atoms with Gasteiger partial charge in [0.25, 0.3) is 0 Å². The highest BCUT2D eigenvalue weighted by Crippen LogP contribution is 2.40. The average Bonchev–Trinajstić information content (AvgIpc) is 3.21. The topological polar surface area (TPSA) is 53.9 Å². The highest BCUT2D eigenvalue weighted by Gasteiger charge is 2.23. The van der Waals surface area contributed by atoms with Crippen molar-refractivity contribution in [3.8, 4) is 11.1 Å². The molecule has 4 aromatic rings. The van der Waals surface area contributed by atoms with Crippen LogP contribution in [-0.2, 0) is 0 Å². The van der Waals surface area contributed by atoms with Gasteiger partial charge in [-0.15, -0.1) is 11.3 Å². The van der Waals surface area contributed by atoms with Crippen LogP contribution in [-0.4, -0.2) is 41.1 Å². The predicted octanol–water partition coefficient (Wildman–Crippen LogP) is 4.25. The minimum Gasteiger partial charge on any atom is -0.353 e. The van der Waals surface area contributed by atoms with Gasteiger partial charge >= 0.3 is 0 Å². The van der Waals surface area contributed by atoms with E-state index < -0.39 is 5.82 Å². The van der Waals surface area contributed by atoms with E-state index in [-0.39, 0.29) is 21.9 Å². The summed E-state index contributed by atoms with van der Waals surface area (Å²) in [6, 6.07) is 4.50. The molecule has 0 unspecified atom stereocenters. The van der Waals surface area contributed by atoms with E-state index in [1.165, 1.54) is 35.3 Å². The molecular weight excluding hydrogens is 404 g/mol. The first-order valence-electron chi connectivity index (χ1n) is 8.75. The van der Waals surface area contributed by atoms with Gasteiger partial charge in [0.05, 0.1) is 20.7 Å². The molecule has 1 fully saturated rings. The molecule has 1 aliphatic heterocycles. The third kappa shape index (κ3) is 2.71. The number of hydrogen-bond donors (Lipinski definition) is 1. The van der Waals surface area contributed by atoms with Gasteiger partial charge in [-0.1, -0.05) is 11.6 Å². The molecule has 3 heterocycles. The van der Waals surface area contributed by atoms with Gasteiger partial charge in [0.15, 0.2) is 5.82 Å². The molecule has 2 aromatic heterocycles. The molecule has 0 saturated carbocycles. The van der Waals surface area contributed by atoms with E-state index in [0.717, 1.165) is 26.2 Å². The summed E-state index contributed by atoms with van der Waals surface area (Å²) in [6.45, 7) is 3.20. The van der Waals surface area contributed by atoms with Crippen LogP contribution in [0, 0.1) is 11.6 Å². The molecule has 142 valence electrons. The zero-order valence-corrected chi connectivity index (χ0v) is 16.1. The predicted molar refractivity (Wildman–Crippen MR) is 108 cm³/mol. The van der Waals surface area contributed by atoms with Crippen LogP contribution in [0.3, 0.4) is 0 Å². The van der Waals surface area contributed by atoms with E-state index in [0.29, 0.717) is 27.0 Å².